The largest absolute Gasteiger partial charge is 0.352 e. The summed E-state index contributed by atoms with van der Waals surface area (Å²) in [6, 6.07) is 18.2. The Bertz CT molecular complexity index is 1100. The highest BCUT2D eigenvalue weighted by Crippen LogP contribution is 2.23. The van der Waals surface area contributed by atoms with Gasteiger partial charge >= 0.3 is 0 Å². The summed E-state index contributed by atoms with van der Waals surface area (Å²) in [6.45, 7) is 4.53. The molecule has 0 atom stereocenters. The van der Waals surface area contributed by atoms with Gasteiger partial charge in [-0.05, 0) is 51.0 Å². The van der Waals surface area contributed by atoms with Crippen molar-refractivity contribution in [3.8, 4) is 5.69 Å². The third kappa shape index (κ3) is 4.38. The maximum absolute atomic E-state index is 12.3. The first-order valence-electron chi connectivity index (χ1n) is 9.83. The summed E-state index contributed by atoms with van der Waals surface area (Å²) in [6.07, 6.45) is 2.13. The van der Waals surface area contributed by atoms with Crippen LogP contribution in [0.25, 0.3) is 15.9 Å². The van der Waals surface area contributed by atoms with Gasteiger partial charge in [-0.2, -0.15) is 5.10 Å². The fraction of sp³-hybridized carbons (Fsp3) is 0.261. The summed E-state index contributed by atoms with van der Waals surface area (Å²) in [5, 5.41) is 8.78. The highest BCUT2D eigenvalue weighted by Gasteiger charge is 2.13. The fourth-order valence-electron chi connectivity index (χ4n) is 3.45. The average molecular weight is 405 g/mol. The van der Waals surface area contributed by atoms with Gasteiger partial charge in [0.15, 0.2) is 0 Å². The van der Waals surface area contributed by atoms with Crippen molar-refractivity contribution in [2.75, 3.05) is 0 Å². The monoisotopic (exact) mass is 404 g/mol. The number of aromatic nitrogens is 3. The van der Waals surface area contributed by atoms with E-state index in [0.29, 0.717) is 13.0 Å². The van der Waals surface area contributed by atoms with Crippen molar-refractivity contribution in [3.63, 3.8) is 0 Å². The van der Waals surface area contributed by atoms with Crippen molar-refractivity contribution >= 4 is 27.5 Å². The molecule has 29 heavy (non-hydrogen) atoms. The molecule has 4 rings (SSSR count). The molecule has 6 heteroatoms. The van der Waals surface area contributed by atoms with E-state index in [1.165, 1.54) is 4.70 Å². The third-order valence-electron chi connectivity index (χ3n) is 5.04. The Hall–Kier alpha value is -2.99. The molecule has 2 heterocycles. The number of benzene rings is 2. The number of amides is 1. The van der Waals surface area contributed by atoms with Crippen LogP contribution in [0.2, 0.25) is 0 Å². The van der Waals surface area contributed by atoms with E-state index in [2.05, 4.69) is 21.5 Å². The Kier molecular flexibility index (Phi) is 5.71. The number of aryl methyl sites for hydroxylation is 2. The molecule has 2 aromatic heterocycles. The standard InChI is InChI=1S/C23H24N4OS/c1-16-19(17(2)27(26-16)18-9-4-3-5-10-18)15-24-22(28)13-8-14-23-25-20-11-6-7-12-21(20)29-23/h3-7,9-12H,8,13-15H2,1-2H3,(H,24,28). The lowest BCUT2D eigenvalue weighted by atomic mass is 10.2. The second kappa shape index (κ2) is 8.57. The summed E-state index contributed by atoms with van der Waals surface area (Å²) in [5.41, 5.74) is 5.15. The Labute approximate surface area is 174 Å². The second-order valence-electron chi connectivity index (χ2n) is 7.10. The number of carbonyl (C=O) groups is 1. The quantitative estimate of drug-likeness (QED) is 0.484. The van der Waals surface area contributed by atoms with Crippen LogP contribution in [-0.4, -0.2) is 20.7 Å². The summed E-state index contributed by atoms with van der Waals surface area (Å²) in [4.78, 5) is 17.0. The van der Waals surface area contributed by atoms with Gasteiger partial charge in [-0.25, -0.2) is 9.67 Å². The zero-order valence-corrected chi connectivity index (χ0v) is 17.5. The molecule has 4 aromatic rings. The minimum atomic E-state index is 0.0670. The van der Waals surface area contributed by atoms with Gasteiger partial charge in [0.1, 0.15) is 0 Å². The first kappa shape index (κ1) is 19.3. The highest BCUT2D eigenvalue weighted by molar-refractivity contribution is 7.18. The van der Waals surface area contributed by atoms with Crippen LogP contribution in [0.4, 0.5) is 0 Å². The van der Waals surface area contributed by atoms with Gasteiger partial charge in [-0.1, -0.05) is 30.3 Å². The van der Waals surface area contributed by atoms with Crippen LogP contribution in [-0.2, 0) is 17.8 Å². The molecule has 2 aromatic carbocycles. The van der Waals surface area contributed by atoms with Crippen molar-refractivity contribution in [2.45, 2.75) is 39.7 Å². The SMILES string of the molecule is Cc1nn(-c2ccccc2)c(C)c1CNC(=O)CCCc1nc2ccccc2s1. The summed E-state index contributed by atoms with van der Waals surface area (Å²) < 4.78 is 3.14. The molecular formula is C23H24N4OS. The highest BCUT2D eigenvalue weighted by atomic mass is 32.1. The zero-order valence-electron chi connectivity index (χ0n) is 16.7. The predicted molar refractivity (Wildman–Crippen MR) is 117 cm³/mol. The van der Waals surface area contributed by atoms with E-state index in [1.54, 1.807) is 11.3 Å². The Morgan fingerprint density at radius 3 is 2.62 bits per heavy atom. The van der Waals surface area contributed by atoms with Crippen molar-refractivity contribution in [1.29, 1.82) is 0 Å². The molecule has 0 saturated carbocycles. The molecule has 0 radical (unpaired) electrons. The third-order valence-corrected chi connectivity index (χ3v) is 6.13. The van der Waals surface area contributed by atoms with Gasteiger partial charge in [-0.15, -0.1) is 11.3 Å². The molecule has 1 amide bonds. The molecule has 148 valence electrons. The van der Waals surface area contributed by atoms with Gasteiger partial charge in [0, 0.05) is 24.2 Å². The Balaban J connectivity index is 1.31. The lowest BCUT2D eigenvalue weighted by Gasteiger charge is -2.07. The number of carbonyl (C=O) groups excluding carboxylic acids is 1. The van der Waals surface area contributed by atoms with Gasteiger partial charge in [0.2, 0.25) is 5.91 Å². The number of para-hydroxylation sites is 2. The molecule has 0 aliphatic heterocycles. The van der Waals surface area contributed by atoms with E-state index in [9.17, 15) is 4.79 Å². The van der Waals surface area contributed by atoms with Gasteiger partial charge in [-0.3, -0.25) is 4.79 Å². The van der Waals surface area contributed by atoms with E-state index in [4.69, 9.17) is 0 Å². The number of thiazole rings is 1. The number of nitrogens with one attached hydrogen (secondary N) is 1. The minimum Gasteiger partial charge on any atom is -0.352 e. The Morgan fingerprint density at radius 1 is 1.07 bits per heavy atom. The number of fused-ring (bicyclic) bond motifs is 1. The minimum absolute atomic E-state index is 0.0670. The van der Waals surface area contributed by atoms with Crippen molar-refractivity contribution in [2.24, 2.45) is 0 Å². The molecule has 0 unspecified atom stereocenters. The number of rotatable bonds is 7. The second-order valence-corrected chi connectivity index (χ2v) is 8.22. The summed E-state index contributed by atoms with van der Waals surface area (Å²) >= 11 is 1.71. The van der Waals surface area contributed by atoms with E-state index in [0.717, 1.165) is 46.0 Å². The molecule has 0 aliphatic carbocycles. The first-order chi connectivity index (χ1) is 14.1. The lowest BCUT2D eigenvalue weighted by Crippen LogP contribution is -2.23. The smallest absolute Gasteiger partial charge is 0.220 e. The molecule has 0 fully saturated rings. The number of nitrogens with zero attached hydrogens (tertiary/aromatic N) is 3. The van der Waals surface area contributed by atoms with Crippen molar-refractivity contribution in [1.82, 2.24) is 20.1 Å². The van der Waals surface area contributed by atoms with Gasteiger partial charge in [0.25, 0.3) is 0 Å². The zero-order chi connectivity index (χ0) is 20.2. The van der Waals surface area contributed by atoms with Crippen LogP contribution in [0.1, 0.15) is 34.8 Å². The number of hydrogen-bond donors (Lipinski definition) is 1. The van der Waals surface area contributed by atoms with E-state index in [-0.39, 0.29) is 5.91 Å². The topological polar surface area (TPSA) is 59.8 Å². The molecule has 5 nitrogen and oxygen atoms in total. The van der Waals surface area contributed by atoms with Gasteiger partial charge < -0.3 is 5.32 Å². The van der Waals surface area contributed by atoms with Crippen molar-refractivity contribution in [3.05, 3.63) is 76.6 Å². The normalized spacial score (nSPS) is 11.1. The molecule has 0 spiro atoms. The average Bonchev–Trinajstić information content (AvgIpc) is 3.27. The van der Waals surface area contributed by atoms with Crippen LogP contribution in [0.15, 0.2) is 54.6 Å². The Morgan fingerprint density at radius 2 is 1.83 bits per heavy atom. The van der Waals surface area contributed by atoms with Crippen LogP contribution < -0.4 is 5.32 Å². The molecule has 1 N–H and O–H groups in total. The molecular weight excluding hydrogens is 380 g/mol. The van der Waals surface area contributed by atoms with E-state index < -0.39 is 0 Å². The van der Waals surface area contributed by atoms with Gasteiger partial charge in [0.05, 0.1) is 26.6 Å². The fourth-order valence-corrected chi connectivity index (χ4v) is 4.46. The van der Waals surface area contributed by atoms with Crippen molar-refractivity contribution < 1.29 is 4.79 Å². The molecule has 0 saturated heterocycles. The van der Waals surface area contributed by atoms with Crippen LogP contribution >= 0.6 is 11.3 Å². The maximum Gasteiger partial charge on any atom is 0.220 e. The summed E-state index contributed by atoms with van der Waals surface area (Å²) in [7, 11) is 0. The summed E-state index contributed by atoms with van der Waals surface area (Å²) in [5.74, 6) is 0.0670. The van der Waals surface area contributed by atoms with Crippen LogP contribution in [0.3, 0.4) is 0 Å². The molecule has 0 aliphatic rings. The van der Waals surface area contributed by atoms with E-state index in [1.807, 2.05) is 67.1 Å². The lowest BCUT2D eigenvalue weighted by molar-refractivity contribution is -0.121. The van der Waals surface area contributed by atoms with Crippen LogP contribution in [0, 0.1) is 13.8 Å². The maximum atomic E-state index is 12.3. The molecule has 0 bridgehead atoms. The van der Waals surface area contributed by atoms with Crippen LogP contribution in [0.5, 0.6) is 0 Å². The number of hydrogen-bond acceptors (Lipinski definition) is 4. The van der Waals surface area contributed by atoms with E-state index >= 15 is 0 Å². The predicted octanol–water partition coefficient (Wildman–Crippen LogP) is 4.74. The first-order valence-corrected chi connectivity index (χ1v) is 10.6.